The molecule has 12 heteroatoms. The third-order valence-corrected chi connectivity index (χ3v) is 6.45. The van der Waals surface area contributed by atoms with Crippen LogP contribution >= 0.6 is 0 Å². The summed E-state index contributed by atoms with van der Waals surface area (Å²) < 4.78 is 73.8. The fourth-order valence-corrected chi connectivity index (χ4v) is 4.68. The molecule has 0 bridgehead atoms. The van der Waals surface area contributed by atoms with Gasteiger partial charge in [-0.15, -0.1) is 0 Å². The van der Waals surface area contributed by atoms with Gasteiger partial charge in [0.05, 0.1) is 17.7 Å². The molecule has 0 aliphatic carbocycles. The second-order valence-corrected chi connectivity index (χ2v) is 8.65. The van der Waals surface area contributed by atoms with Crippen molar-refractivity contribution in [3.8, 4) is 5.75 Å². The zero-order chi connectivity index (χ0) is 23.5. The van der Waals surface area contributed by atoms with Crippen LogP contribution in [0.15, 0.2) is 47.4 Å². The second kappa shape index (κ2) is 9.07. The minimum Gasteiger partial charge on any atom is -0.496 e. The number of fused-ring (bicyclic) bond motifs is 1. The van der Waals surface area contributed by atoms with E-state index in [1.54, 1.807) is 23.5 Å². The number of alkyl halides is 3. The van der Waals surface area contributed by atoms with Crippen LogP contribution in [-0.4, -0.2) is 53.3 Å². The molecule has 2 aromatic rings. The summed E-state index contributed by atoms with van der Waals surface area (Å²) in [5.41, 5.74) is 1.12. The summed E-state index contributed by atoms with van der Waals surface area (Å²) in [5, 5.41) is 1.57. The minimum atomic E-state index is -4.61. The summed E-state index contributed by atoms with van der Waals surface area (Å²) in [5.74, 6) is -2.30. The normalized spacial score (nSPS) is 13.4. The highest BCUT2D eigenvalue weighted by Gasteiger charge is 2.32. The molecule has 8 nitrogen and oxygen atoms in total. The lowest BCUT2D eigenvalue weighted by molar-refractivity contribution is -0.140. The quantitative estimate of drug-likeness (QED) is 0.621. The van der Waals surface area contributed by atoms with Crippen molar-refractivity contribution < 1.29 is 40.7 Å². The monoisotopic (exact) mass is 472 g/mol. The molecule has 172 valence electrons. The summed E-state index contributed by atoms with van der Waals surface area (Å²) in [4.78, 5) is 23.7. The number of esters is 1. The van der Waals surface area contributed by atoms with Crippen LogP contribution in [0.25, 0.3) is 0 Å². The average Bonchev–Trinajstić information content (AvgIpc) is 3.20. The van der Waals surface area contributed by atoms with Crippen molar-refractivity contribution in [1.29, 1.82) is 0 Å². The Balaban J connectivity index is 1.80. The molecule has 0 spiro atoms. The summed E-state index contributed by atoms with van der Waals surface area (Å²) >= 11 is 0. The first-order valence-corrected chi connectivity index (χ1v) is 10.8. The number of rotatable bonds is 7. The molecular weight excluding hydrogens is 453 g/mol. The molecule has 1 heterocycles. The number of amides is 1. The fraction of sp³-hybridized carbons (Fsp3) is 0.300. The molecule has 0 unspecified atom stereocenters. The Bertz CT molecular complexity index is 1130. The van der Waals surface area contributed by atoms with Gasteiger partial charge in [-0.1, -0.05) is 18.2 Å². The molecule has 0 saturated carbocycles. The van der Waals surface area contributed by atoms with Crippen molar-refractivity contribution in [2.24, 2.45) is 0 Å². The zero-order valence-corrected chi connectivity index (χ0v) is 17.6. The Hall–Kier alpha value is -3.28. The Morgan fingerprint density at radius 3 is 2.56 bits per heavy atom. The number of halogens is 3. The SMILES string of the molecule is COc1ccc(S(=O)(=O)N2CCc3ccccc32)cc1C(=O)OCC(=O)NCC(F)(F)F. The van der Waals surface area contributed by atoms with Gasteiger partial charge in [-0.25, -0.2) is 13.2 Å². The van der Waals surface area contributed by atoms with Gasteiger partial charge in [-0.3, -0.25) is 9.10 Å². The molecule has 0 radical (unpaired) electrons. The largest absolute Gasteiger partial charge is 0.496 e. The van der Waals surface area contributed by atoms with E-state index in [1.807, 2.05) is 6.07 Å². The van der Waals surface area contributed by atoms with E-state index in [4.69, 9.17) is 9.47 Å². The van der Waals surface area contributed by atoms with Crippen LogP contribution in [0.2, 0.25) is 0 Å². The van der Waals surface area contributed by atoms with Crippen molar-refractivity contribution in [3.63, 3.8) is 0 Å². The Labute approximate surface area is 182 Å². The first-order chi connectivity index (χ1) is 15.0. The zero-order valence-electron chi connectivity index (χ0n) is 16.8. The van der Waals surface area contributed by atoms with Crippen LogP contribution in [0, 0.1) is 0 Å². The van der Waals surface area contributed by atoms with Gasteiger partial charge >= 0.3 is 12.1 Å². The van der Waals surface area contributed by atoms with Crippen molar-refractivity contribution in [3.05, 3.63) is 53.6 Å². The lowest BCUT2D eigenvalue weighted by Gasteiger charge is -2.20. The molecule has 1 aliphatic rings. The van der Waals surface area contributed by atoms with Gasteiger partial charge in [0.15, 0.2) is 6.61 Å². The number of hydrogen-bond donors (Lipinski definition) is 1. The number of anilines is 1. The number of nitrogens with zero attached hydrogens (tertiary/aromatic N) is 1. The molecule has 0 saturated heterocycles. The predicted molar refractivity (Wildman–Crippen MR) is 107 cm³/mol. The molecule has 1 aliphatic heterocycles. The Kier molecular flexibility index (Phi) is 6.63. The van der Waals surface area contributed by atoms with E-state index in [1.165, 1.54) is 23.5 Å². The first kappa shape index (κ1) is 23.4. The first-order valence-electron chi connectivity index (χ1n) is 9.32. The smallest absolute Gasteiger partial charge is 0.405 e. The molecule has 0 fully saturated rings. The summed E-state index contributed by atoms with van der Waals surface area (Å²) in [6, 6.07) is 10.6. The Morgan fingerprint density at radius 1 is 1.16 bits per heavy atom. The Morgan fingerprint density at radius 2 is 1.88 bits per heavy atom. The average molecular weight is 472 g/mol. The standard InChI is InChI=1S/C20H19F3N2O6S/c1-30-17-7-6-14(32(28,29)25-9-8-13-4-2-3-5-16(13)25)10-15(17)19(27)31-11-18(26)24-12-20(21,22)23/h2-7,10H,8-9,11-12H2,1H3,(H,24,26). The molecule has 0 aromatic heterocycles. The van der Waals surface area contributed by atoms with Crippen molar-refractivity contribution in [2.45, 2.75) is 17.5 Å². The molecule has 1 N–H and O–H groups in total. The summed E-state index contributed by atoms with van der Waals surface area (Å²) in [6.07, 6.45) is -4.08. The van der Waals surface area contributed by atoms with Crippen LogP contribution in [-0.2, 0) is 26.0 Å². The molecule has 0 atom stereocenters. The lowest BCUT2D eigenvalue weighted by atomic mass is 10.2. The maximum atomic E-state index is 13.2. The number of sulfonamides is 1. The van der Waals surface area contributed by atoms with E-state index in [-0.39, 0.29) is 22.8 Å². The molecular formula is C20H19F3N2O6S. The van der Waals surface area contributed by atoms with Gasteiger partial charge < -0.3 is 14.8 Å². The van der Waals surface area contributed by atoms with Crippen LogP contribution < -0.4 is 14.4 Å². The van der Waals surface area contributed by atoms with E-state index in [2.05, 4.69) is 0 Å². The number of nitrogens with one attached hydrogen (secondary N) is 1. The number of para-hydroxylation sites is 1. The number of ether oxygens (including phenoxy) is 2. The van der Waals surface area contributed by atoms with Gasteiger partial charge in [0.1, 0.15) is 17.9 Å². The maximum absolute atomic E-state index is 13.2. The molecule has 32 heavy (non-hydrogen) atoms. The molecule has 1 amide bonds. The summed E-state index contributed by atoms with van der Waals surface area (Å²) in [6.45, 7) is -2.32. The lowest BCUT2D eigenvalue weighted by Crippen LogP contribution is -2.36. The molecule has 3 rings (SSSR count). The van der Waals surface area contributed by atoms with Crippen molar-refractivity contribution in [2.75, 3.05) is 31.1 Å². The third kappa shape index (κ3) is 5.13. The fourth-order valence-electron chi connectivity index (χ4n) is 3.15. The van der Waals surface area contributed by atoms with E-state index in [9.17, 15) is 31.2 Å². The van der Waals surface area contributed by atoms with Gasteiger partial charge in [0, 0.05) is 6.54 Å². The van der Waals surface area contributed by atoms with Gasteiger partial charge in [0.2, 0.25) is 0 Å². The van der Waals surface area contributed by atoms with Crippen LogP contribution in [0.3, 0.4) is 0 Å². The summed E-state index contributed by atoms with van der Waals surface area (Å²) in [7, 11) is -2.78. The molecule has 2 aromatic carbocycles. The number of benzene rings is 2. The van der Waals surface area contributed by atoms with E-state index in [0.717, 1.165) is 11.6 Å². The van der Waals surface area contributed by atoms with Gasteiger partial charge in [0.25, 0.3) is 15.9 Å². The van der Waals surface area contributed by atoms with Gasteiger partial charge in [-0.05, 0) is 36.2 Å². The van der Waals surface area contributed by atoms with Crippen LogP contribution in [0.4, 0.5) is 18.9 Å². The van der Waals surface area contributed by atoms with E-state index >= 15 is 0 Å². The highest BCUT2D eigenvalue weighted by atomic mass is 32.2. The number of carbonyl (C=O) groups is 2. The number of hydrogen-bond acceptors (Lipinski definition) is 6. The van der Waals surface area contributed by atoms with Crippen LogP contribution in [0.5, 0.6) is 5.75 Å². The van der Waals surface area contributed by atoms with Crippen molar-refractivity contribution >= 4 is 27.6 Å². The topological polar surface area (TPSA) is 102 Å². The van der Waals surface area contributed by atoms with E-state index < -0.39 is 41.2 Å². The highest BCUT2D eigenvalue weighted by Crippen LogP contribution is 2.34. The second-order valence-electron chi connectivity index (χ2n) is 6.79. The highest BCUT2D eigenvalue weighted by molar-refractivity contribution is 7.92. The van der Waals surface area contributed by atoms with Crippen molar-refractivity contribution in [1.82, 2.24) is 5.32 Å². The predicted octanol–water partition coefficient (Wildman–Crippen LogP) is 2.28. The van der Waals surface area contributed by atoms with Crippen LogP contribution in [0.1, 0.15) is 15.9 Å². The number of carbonyl (C=O) groups excluding carboxylic acids is 2. The van der Waals surface area contributed by atoms with E-state index in [0.29, 0.717) is 12.1 Å². The maximum Gasteiger partial charge on any atom is 0.405 e. The minimum absolute atomic E-state index is 0.0218. The van der Waals surface area contributed by atoms with Gasteiger partial charge in [-0.2, -0.15) is 13.2 Å². The third-order valence-electron chi connectivity index (χ3n) is 4.64. The number of methoxy groups -OCH3 is 1.